The molecule has 0 rings (SSSR count). The van der Waals surface area contributed by atoms with Crippen LogP contribution in [-0.2, 0) is 28.0 Å². The second-order valence-electron chi connectivity index (χ2n) is 0. The van der Waals surface area contributed by atoms with Gasteiger partial charge in [0.2, 0.25) is 0 Å². The van der Waals surface area contributed by atoms with Gasteiger partial charge in [0.05, 0.1) is 0 Å². The molecule has 0 saturated heterocycles. The smallest absolute Gasteiger partial charge is 2.00 e. The van der Waals surface area contributed by atoms with Crippen LogP contribution in [0.2, 0.25) is 0 Å². The molecule has 38 valence electrons. The molecule has 0 heterocycles. The molecule has 0 bridgehead atoms. The first kappa shape index (κ1) is 116. The summed E-state index contributed by atoms with van der Waals surface area (Å²) in [5.74, 6) is 0. The van der Waals surface area contributed by atoms with E-state index in [4.69, 9.17) is 0 Å². The Kier molecular flexibility index (Phi) is 1430. The summed E-state index contributed by atoms with van der Waals surface area (Å²) in [4.78, 5) is 0. The zero-order valence-electron chi connectivity index (χ0n) is 2.64. The van der Waals surface area contributed by atoms with Crippen LogP contribution < -0.4 is 0 Å². The van der Waals surface area contributed by atoms with E-state index in [2.05, 4.69) is 0 Å². The van der Waals surface area contributed by atoms with Crippen LogP contribution >= 0.6 is 0 Å². The normalized spacial score (nSPS) is 0. The van der Waals surface area contributed by atoms with Gasteiger partial charge in [-0.3, -0.25) is 0 Å². The average Bonchev–Trinajstić information content (AvgIpc) is 0. The van der Waals surface area contributed by atoms with E-state index in [1.807, 2.05) is 0 Å². The molecule has 2 radical (unpaired) electrons. The van der Waals surface area contributed by atoms with E-state index < -0.39 is 0 Å². The minimum absolute atomic E-state index is 0. The van der Waals surface area contributed by atoms with Gasteiger partial charge in [-0.25, -0.2) is 0 Å². The van der Waals surface area contributed by atoms with Crippen molar-refractivity contribution >= 4 is 0 Å². The summed E-state index contributed by atoms with van der Waals surface area (Å²) in [5.41, 5.74) is 0. The summed E-state index contributed by atoms with van der Waals surface area (Å²) in [6.45, 7) is 0. The quantitative estimate of drug-likeness (QED) is 0.498. The van der Waals surface area contributed by atoms with Gasteiger partial charge in [0, 0.05) is 0 Å². The predicted octanol–water partition coefficient (Wildman–Crippen LogP) is -1.24. The van der Waals surface area contributed by atoms with Gasteiger partial charge in [-0.1, -0.05) is 0 Å². The minimum atomic E-state index is 0. The maximum atomic E-state index is 0. The van der Waals surface area contributed by atoms with Gasteiger partial charge in [0.25, 0.3) is 0 Å². The van der Waals surface area contributed by atoms with Gasteiger partial charge < -0.3 is 21.9 Å². The van der Waals surface area contributed by atoms with E-state index >= 15 is 0 Å². The van der Waals surface area contributed by atoms with Gasteiger partial charge in [-0.05, 0) is 0 Å². The Hall–Kier alpha value is 1.74. The van der Waals surface area contributed by atoms with E-state index in [1.165, 1.54) is 0 Å². The Morgan fingerprint density at radius 1 is 0.833 bits per heavy atom. The molecule has 4 nitrogen and oxygen atoms in total. The molecule has 6 heteroatoms. The van der Waals surface area contributed by atoms with E-state index in [0.717, 1.165) is 0 Å². The molecule has 6 heavy (non-hydrogen) atoms. The van der Waals surface area contributed by atoms with Crippen molar-refractivity contribution in [3.63, 3.8) is 0 Å². The maximum absolute atomic E-state index is 0. The molecule has 0 saturated carbocycles. The van der Waals surface area contributed by atoms with E-state index in [0.29, 0.717) is 0 Å². The first-order chi connectivity index (χ1) is 0. The Morgan fingerprint density at radius 3 is 0.833 bits per heavy atom. The van der Waals surface area contributed by atoms with E-state index in [9.17, 15) is 0 Å². The molecule has 0 unspecified atom stereocenters. The molecule has 0 aromatic rings. The van der Waals surface area contributed by atoms with Crippen LogP contribution in [0.1, 0.15) is 0 Å². The third kappa shape index (κ3) is 42.7. The standard InChI is InChI=1S/Ce.Mn.2H2O.2O/h;;2*1H2;;/q+3;+2;;;2*-2/p-1. The molecule has 0 aliphatic carbocycles. The van der Waals surface area contributed by atoms with Gasteiger partial charge in [-0.15, -0.1) is 0 Å². The second-order valence-corrected chi connectivity index (χ2v) is 0. The number of hydrogen-bond acceptors (Lipinski definition) is 1. The predicted molar refractivity (Wildman–Crippen MR) is 6.92 cm³/mol. The molecule has 0 spiro atoms. The van der Waals surface area contributed by atoms with Crippen molar-refractivity contribution in [2.75, 3.05) is 0 Å². The van der Waals surface area contributed by atoms with Crippen molar-refractivity contribution in [3.05, 3.63) is 0 Å². The second kappa shape index (κ2) is 73.5. The third-order valence-corrected chi connectivity index (χ3v) is 0. The molecular formula is H3CeMnO4. The molecule has 0 atom stereocenters. The minimum Gasteiger partial charge on any atom is -2.00 e. The van der Waals surface area contributed by atoms with Crippen molar-refractivity contribution in [2.45, 2.75) is 0 Å². The summed E-state index contributed by atoms with van der Waals surface area (Å²) in [6.07, 6.45) is 0. The zero-order chi connectivity index (χ0) is 0. The fourth-order valence-electron chi connectivity index (χ4n) is 0. The maximum Gasteiger partial charge on any atom is 3.00 e. The summed E-state index contributed by atoms with van der Waals surface area (Å²) >= 11 is 0. The Labute approximate surface area is 79.8 Å². The van der Waals surface area contributed by atoms with Crippen LogP contribution in [0.15, 0.2) is 0 Å². The Balaban J connectivity index is 0. The summed E-state index contributed by atoms with van der Waals surface area (Å²) in [7, 11) is 0. The first-order valence-corrected chi connectivity index (χ1v) is 0. The van der Waals surface area contributed by atoms with Crippen LogP contribution in [-0.4, -0.2) is 11.0 Å². The number of hydrogen-bond donors (Lipinski definition) is 0. The zero-order valence-corrected chi connectivity index (χ0v) is 6.96. The Bertz CT molecular complexity index is 7.51. The van der Waals surface area contributed by atoms with Gasteiger partial charge in [-0.2, -0.15) is 0 Å². The third-order valence-electron chi connectivity index (χ3n) is 0. The van der Waals surface area contributed by atoms with Crippen LogP contribution in [0.4, 0.5) is 0 Å². The topological polar surface area (TPSA) is 118 Å². The van der Waals surface area contributed by atoms with E-state index in [1.54, 1.807) is 0 Å². The molecule has 0 aromatic carbocycles. The first-order valence-electron chi connectivity index (χ1n) is 0. The molecular weight excluding hydrogens is 259 g/mol. The van der Waals surface area contributed by atoms with Gasteiger partial charge in [0.15, 0.2) is 0 Å². The fourth-order valence-corrected chi connectivity index (χ4v) is 0. The largest absolute Gasteiger partial charge is 3.00 e. The molecule has 0 fully saturated rings. The summed E-state index contributed by atoms with van der Waals surface area (Å²) in [5, 5.41) is 0. The molecule has 3 N–H and O–H groups in total. The van der Waals surface area contributed by atoms with Crippen molar-refractivity contribution in [3.8, 4) is 0 Å². The molecule has 0 aliphatic heterocycles. The van der Waals surface area contributed by atoms with Crippen molar-refractivity contribution < 1.29 is 80.7 Å². The van der Waals surface area contributed by atoms with Crippen molar-refractivity contribution in [2.24, 2.45) is 0 Å². The van der Waals surface area contributed by atoms with Crippen molar-refractivity contribution in [1.29, 1.82) is 0 Å². The average molecular weight is 262 g/mol. The Morgan fingerprint density at radius 2 is 0.833 bits per heavy atom. The van der Waals surface area contributed by atoms with Gasteiger partial charge >= 0.3 is 58.8 Å². The van der Waals surface area contributed by atoms with Gasteiger partial charge in [0.1, 0.15) is 0 Å². The van der Waals surface area contributed by atoms with Crippen LogP contribution in [0, 0.1) is 41.7 Å². The molecule has 0 aromatic heterocycles. The summed E-state index contributed by atoms with van der Waals surface area (Å²) in [6, 6.07) is 0. The van der Waals surface area contributed by atoms with E-state index in [-0.39, 0.29) is 80.7 Å². The van der Waals surface area contributed by atoms with Crippen LogP contribution in [0.25, 0.3) is 0 Å². The van der Waals surface area contributed by atoms with Crippen molar-refractivity contribution in [1.82, 2.24) is 0 Å². The monoisotopic (exact) mass is 262 g/mol. The fraction of sp³-hybridized carbons (Fsp3) is 0. The SMILES string of the molecule is O.[Ce+3].[Mn+2].[O-2].[O-2].[OH-]. The van der Waals surface area contributed by atoms with Crippen LogP contribution in [0.3, 0.4) is 0 Å². The summed E-state index contributed by atoms with van der Waals surface area (Å²) < 4.78 is 0. The number of rotatable bonds is 0. The molecule has 0 aliphatic rings. The molecule has 0 amide bonds. The van der Waals surface area contributed by atoms with Crippen LogP contribution in [0.5, 0.6) is 0 Å².